The summed E-state index contributed by atoms with van der Waals surface area (Å²) in [5, 5.41) is 13.0. The van der Waals surface area contributed by atoms with Crippen molar-refractivity contribution in [1.29, 1.82) is 5.26 Å². The first kappa shape index (κ1) is 14.1. The number of nitrogens with zero attached hydrogens (tertiary/aromatic N) is 6. The van der Waals surface area contributed by atoms with Crippen molar-refractivity contribution in [2.75, 3.05) is 31.1 Å². The number of carbonyl (C=O) groups is 1. The molecule has 112 valence electrons. The second kappa shape index (κ2) is 6.26. The van der Waals surface area contributed by atoms with Gasteiger partial charge in [0.05, 0.1) is 11.6 Å². The lowest BCUT2D eigenvalue weighted by molar-refractivity contribution is -0.132. The summed E-state index contributed by atoms with van der Waals surface area (Å²) in [6, 6.07) is 7.39. The first-order valence-corrected chi connectivity index (χ1v) is 7.12. The SMILES string of the molecule is N#Cc1ccnc(N2CCN(C(=O)Cn3cccn3)CC2)c1. The zero-order chi connectivity index (χ0) is 15.4. The maximum Gasteiger partial charge on any atom is 0.244 e. The molecule has 2 aromatic rings. The molecule has 0 radical (unpaired) electrons. The molecule has 1 saturated heterocycles. The number of piperazine rings is 1. The largest absolute Gasteiger partial charge is 0.353 e. The van der Waals surface area contributed by atoms with Gasteiger partial charge < -0.3 is 9.80 Å². The topological polar surface area (TPSA) is 78.0 Å². The van der Waals surface area contributed by atoms with Gasteiger partial charge in [0.2, 0.25) is 5.91 Å². The molecule has 3 rings (SSSR count). The maximum absolute atomic E-state index is 12.2. The van der Waals surface area contributed by atoms with Crippen molar-refractivity contribution < 1.29 is 4.79 Å². The Morgan fingerprint density at radius 2 is 2.09 bits per heavy atom. The van der Waals surface area contributed by atoms with E-state index in [2.05, 4.69) is 21.1 Å². The van der Waals surface area contributed by atoms with Crippen LogP contribution >= 0.6 is 0 Å². The van der Waals surface area contributed by atoms with Crippen LogP contribution in [0.15, 0.2) is 36.8 Å². The first-order chi connectivity index (χ1) is 10.8. The highest BCUT2D eigenvalue weighted by molar-refractivity contribution is 5.76. The summed E-state index contributed by atoms with van der Waals surface area (Å²) >= 11 is 0. The highest BCUT2D eigenvalue weighted by Gasteiger charge is 2.22. The highest BCUT2D eigenvalue weighted by atomic mass is 16.2. The third-order valence-electron chi connectivity index (χ3n) is 3.69. The van der Waals surface area contributed by atoms with Gasteiger partial charge in [-0.1, -0.05) is 0 Å². The van der Waals surface area contributed by atoms with E-state index in [1.54, 1.807) is 41.5 Å². The van der Waals surface area contributed by atoms with Crippen molar-refractivity contribution in [3.05, 3.63) is 42.4 Å². The average molecular weight is 296 g/mol. The Bertz CT molecular complexity index is 682. The molecule has 1 aliphatic heterocycles. The zero-order valence-electron chi connectivity index (χ0n) is 12.1. The van der Waals surface area contributed by atoms with E-state index in [1.807, 2.05) is 4.90 Å². The van der Waals surface area contributed by atoms with Gasteiger partial charge in [0.25, 0.3) is 0 Å². The van der Waals surface area contributed by atoms with Crippen LogP contribution in [-0.4, -0.2) is 51.8 Å². The molecule has 0 unspecified atom stereocenters. The summed E-state index contributed by atoms with van der Waals surface area (Å²) in [6.07, 6.45) is 5.09. The number of hydrogen-bond donors (Lipinski definition) is 0. The lowest BCUT2D eigenvalue weighted by atomic mass is 10.2. The number of anilines is 1. The summed E-state index contributed by atoms with van der Waals surface area (Å²) in [5.74, 6) is 0.861. The van der Waals surface area contributed by atoms with Gasteiger partial charge in [-0.05, 0) is 18.2 Å². The smallest absolute Gasteiger partial charge is 0.244 e. The Balaban J connectivity index is 1.58. The Morgan fingerprint density at radius 3 is 2.77 bits per heavy atom. The fourth-order valence-electron chi connectivity index (χ4n) is 2.48. The number of rotatable bonds is 3. The second-order valence-electron chi connectivity index (χ2n) is 5.09. The third kappa shape index (κ3) is 3.06. The maximum atomic E-state index is 12.2. The third-order valence-corrected chi connectivity index (χ3v) is 3.69. The molecule has 0 saturated carbocycles. The Labute approximate surface area is 128 Å². The summed E-state index contributed by atoms with van der Waals surface area (Å²) in [6.45, 7) is 3.01. The van der Waals surface area contributed by atoms with Crippen LogP contribution in [0.4, 0.5) is 5.82 Å². The molecular weight excluding hydrogens is 280 g/mol. The van der Waals surface area contributed by atoms with Crippen LogP contribution in [0.2, 0.25) is 0 Å². The Hall–Kier alpha value is -2.88. The molecule has 22 heavy (non-hydrogen) atoms. The van der Waals surface area contributed by atoms with Crippen molar-refractivity contribution in [3.63, 3.8) is 0 Å². The van der Waals surface area contributed by atoms with Gasteiger partial charge in [-0.25, -0.2) is 4.98 Å². The number of nitriles is 1. The summed E-state index contributed by atoms with van der Waals surface area (Å²) < 4.78 is 1.63. The molecule has 0 spiro atoms. The predicted molar refractivity (Wildman–Crippen MR) is 80.0 cm³/mol. The van der Waals surface area contributed by atoms with E-state index in [0.29, 0.717) is 31.7 Å². The average Bonchev–Trinajstić information content (AvgIpc) is 3.08. The molecule has 1 fully saturated rings. The minimum Gasteiger partial charge on any atom is -0.353 e. The Kier molecular flexibility index (Phi) is 4.01. The predicted octanol–water partition coefficient (Wildman–Crippen LogP) is 0.499. The molecule has 1 amide bonds. The van der Waals surface area contributed by atoms with Gasteiger partial charge in [-0.3, -0.25) is 9.48 Å². The number of carbonyl (C=O) groups excluding carboxylic acids is 1. The normalized spacial score (nSPS) is 14.7. The molecular formula is C15H16N6O. The van der Waals surface area contributed by atoms with Gasteiger partial charge in [0.15, 0.2) is 0 Å². The van der Waals surface area contributed by atoms with Crippen molar-refractivity contribution in [2.45, 2.75) is 6.54 Å². The highest BCUT2D eigenvalue weighted by Crippen LogP contribution is 2.15. The lowest BCUT2D eigenvalue weighted by Crippen LogP contribution is -2.49. The summed E-state index contributed by atoms with van der Waals surface area (Å²) in [5.41, 5.74) is 0.599. The molecule has 2 aromatic heterocycles. The van der Waals surface area contributed by atoms with E-state index in [4.69, 9.17) is 5.26 Å². The molecule has 3 heterocycles. The van der Waals surface area contributed by atoms with Gasteiger partial charge in [-0.15, -0.1) is 0 Å². The van der Waals surface area contributed by atoms with Gasteiger partial charge in [0, 0.05) is 44.8 Å². The molecule has 0 bridgehead atoms. The van der Waals surface area contributed by atoms with E-state index in [-0.39, 0.29) is 12.5 Å². The van der Waals surface area contributed by atoms with E-state index in [9.17, 15) is 4.79 Å². The van der Waals surface area contributed by atoms with Gasteiger partial charge in [-0.2, -0.15) is 10.4 Å². The second-order valence-corrected chi connectivity index (χ2v) is 5.09. The molecule has 7 nitrogen and oxygen atoms in total. The minimum absolute atomic E-state index is 0.0714. The lowest BCUT2D eigenvalue weighted by Gasteiger charge is -2.35. The van der Waals surface area contributed by atoms with Gasteiger partial charge >= 0.3 is 0 Å². The molecule has 0 aromatic carbocycles. The van der Waals surface area contributed by atoms with Crippen LogP contribution in [0.25, 0.3) is 0 Å². The quantitative estimate of drug-likeness (QED) is 0.824. The monoisotopic (exact) mass is 296 g/mol. The first-order valence-electron chi connectivity index (χ1n) is 7.12. The van der Waals surface area contributed by atoms with Crippen LogP contribution in [0, 0.1) is 11.3 Å². The van der Waals surface area contributed by atoms with Crippen molar-refractivity contribution in [1.82, 2.24) is 19.7 Å². The van der Waals surface area contributed by atoms with Crippen LogP contribution in [0.5, 0.6) is 0 Å². The molecule has 0 N–H and O–H groups in total. The van der Waals surface area contributed by atoms with E-state index >= 15 is 0 Å². The molecule has 1 aliphatic rings. The van der Waals surface area contributed by atoms with Crippen molar-refractivity contribution in [3.8, 4) is 6.07 Å². The van der Waals surface area contributed by atoms with Crippen LogP contribution < -0.4 is 4.90 Å². The van der Waals surface area contributed by atoms with E-state index < -0.39 is 0 Å². The summed E-state index contributed by atoms with van der Waals surface area (Å²) in [4.78, 5) is 20.4. The minimum atomic E-state index is 0.0714. The number of aromatic nitrogens is 3. The van der Waals surface area contributed by atoms with Crippen molar-refractivity contribution >= 4 is 11.7 Å². The zero-order valence-corrected chi connectivity index (χ0v) is 12.1. The fraction of sp³-hybridized carbons (Fsp3) is 0.333. The van der Waals surface area contributed by atoms with E-state index in [1.165, 1.54) is 0 Å². The van der Waals surface area contributed by atoms with E-state index in [0.717, 1.165) is 5.82 Å². The summed E-state index contributed by atoms with van der Waals surface area (Å²) in [7, 11) is 0. The Morgan fingerprint density at radius 1 is 1.27 bits per heavy atom. The van der Waals surface area contributed by atoms with Crippen molar-refractivity contribution in [2.24, 2.45) is 0 Å². The molecule has 0 aliphatic carbocycles. The van der Waals surface area contributed by atoms with Crippen LogP contribution in [0.1, 0.15) is 5.56 Å². The fourth-order valence-corrected chi connectivity index (χ4v) is 2.48. The van der Waals surface area contributed by atoms with Crippen LogP contribution in [-0.2, 0) is 11.3 Å². The number of pyridine rings is 1. The molecule has 7 heteroatoms. The van der Waals surface area contributed by atoms with Gasteiger partial charge in [0.1, 0.15) is 12.4 Å². The van der Waals surface area contributed by atoms with Crippen LogP contribution in [0.3, 0.4) is 0 Å². The number of hydrogen-bond acceptors (Lipinski definition) is 5. The standard InChI is InChI=1S/C15H16N6O/c16-11-13-2-4-17-14(10-13)19-6-8-20(9-7-19)15(22)12-21-5-1-3-18-21/h1-5,10H,6-9,12H2. The number of amides is 1. The molecule has 0 atom stereocenters.